The van der Waals surface area contributed by atoms with Gasteiger partial charge in [-0.05, 0) is 18.2 Å². The summed E-state index contributed by atoms with van der Waals surface area (Å²) in [7, 11) is 0.0423. The van der Waals surface area contributed by atoms with Crippen molar-refractivity contribution in [3.8, 4) is 0 Å². The van der Waals surface area contributed by atoms with Crippen LogP contribution >= 0.6 is 0 Å². The Hall–Kier alpha value is -1.40. The molecular formula is C11H15NO4S. The SMILES string of the molecule is CN(C)c1ccc(C(=O)CO)c(S(C)(=O)=O)c1. The van der Waals surface area contributed by atoms with E-state index in [-0.39, 0.29) is 10.5 Å². The van der Waals surface area contributed by atoms with Gasteiger partial charge in [0.05, 0.1) is 4.90 Å². The first kappa shape index (κ1) is 13.7. The van der Waals surface area contributed by atoms with Crippen LogP contribution in [0.3, 0.4) is 0 Å². The molecule has 0 aromatic heterocycles. The number of hydrogen-bond donors (Lipinski definition) is 1. The molecule has 0 amide bonds. The quantitative estimate of drug-likeness (QED) is 0.787. The monoisotopic (exact) mass is 257 g/mol. The molecule has 1 N–H and O–H groups in total. The zero-order valence-electron chi connectivity index (χ0n) is 9.97. The van der Waals surface area contributed by atoms with Gasteiger partial charge in [-0.25, -0.2) is 8.42 Å². The summed E-state index contributed by atoms with van der Waals surface area (Å²) in [6.45, 7) is -0.705. The Bertz CT molecular complexity index is 534. The summed E-state index contributed by atoms with van der Waals surface area (Å²) in [4.78, 5) is 13.1. The van der Waals surface area contributed by atoms with Crippen LogP contribution < -0.4 is 4.90 Å². The van der Waals surface area contributed by atoms with E-state index >= 15 is 0 Å². The van der Waals surface area contributed by atoms with Gasteiger partial charge in [-0.2, -0.15) is 0 Å². The Morgan fingerprint density at radius 1 is 1.35 bits per heavy atom. The number of hydrogen-bond acceptors (Lipinski definition) is 5. The van der Waals surface area contributed by atoms with Crippen LogP contribution in [0.2, 0.25) is 0 Å². The summed E-state index contributed by atoms with van der Waals surface area (Å²) in [5, 5.41) is 8.80. The summed E-state index contributed by atoms with van der Waals surface area (Å²) in [6, 6.07) is 4.49. The van der Waals surface area contributed by atoms with Gasteiger partial charge in [0, 0.05) is 31.6 Å². The fourth-order valence-corrected chi connectivity index (χ4v) is 2.33. The number of ketones is 1. The van der Waals surface area contributed by atoms with Crippen molar-refractivity contribution in [3.63, 3.8) is 0 Å². The Morgan fingerprint density at radius 2 is 1.94 bits per heavy atom. The number of carbonyl (C=O) groups is 1. The maximum atomic E-state index is 11.6. The lowest BCUT2D eigenvalue weighted by Crippen LogP contribution is -2.14. The molecule has 0 bridgehead atoms. The van der Waals surface area contributed by atoms with Crippen LogP contribution in [0.15, 0.2) is 23.1 Å². The van der Waals surface area contributed by atoms with Crippen molar-refractivity contribution < 1.29 is 18.3 Å². The van der Waals surface area contributed by atoms with Gasteiger partial charge < -0.3 is 10.0 Å². The van der Waals surface area contributed by atoms with E-state index in [0.29, 0.717) is 5.69 Å². The first-order valence-corrected chi connectivity index (χ1v) is 6.82. The lowest BCUT2D eigenvalue weighted by molar-refractivity contribution is 0.0900. The van der Waals surface area contributed by atoms with Gasteiger partial charge in [0.1, 0.15) is 6.61 Å². The van der Waals surface area contributed by atoms with Crippen molar-refractivity contribution in [2.75, 3.05) is 31.9 Å². The molecule has 0 aliphatic rings. The molecule has 0 saturated heterocycles. The van der Waals surface area contributed by atoms with Crippen LogP contribution in [0.5, 0.6) is 0 Å². The molecule has 1 aromatic rings. The standard InChI is InChI=1S/C11H15NO4S/c1-12(2)8-4-5-9(10(14)7-13)11(6-8)17(3,15)16/h4-6,13H,7H2,1-3H3. The van der Waals surface area contributed by atoms with E-state index in [2.05, 4.69) is 0 Å². The second kappa shape index (κ2) is 4.85. The highest BCUT2D eigenvalue weighted by molar-refractivity contribution is 7.90. The van der Waals surface area contributed by atoms with Gasteiger partial charge in [0.25, 0.3) is 0 Å². The van der Waals surface area contributed by atoms with Gasteiger partial charge in [-0.15, -0.1) is 0 Å². The number of carbonyl (C=O) groups excluding carboxylic acids is 1. The van der Waals surface area contributed by atoms with Crippen molar-refractivity contribution in [1.29, 1.82) is 0 Å². The molecule has 17 heavy (non-hydrogen) atoms. The zero-order valence-corrected chi connectivity index (χ0v) is 10.8. The van der Waals surface area contributed by atoms with Crippen LogP contribution in [0.4, 0.5) is 5.69 Å². The second-order valence-electron chi connectivity index (χ2n) is 3.93. The molecule has 0 aliphatic carbocycles. The summed E-state index contributed by atoms with van der Waals surface area (Å²) >= 11 is 0. The van der Waals surface area contributed by atoms with E-state index in [9.17, 15) is 13.2 Å². The molecule has 0 heterocycles. The summed E-state index contributed by atoms with van der Waals surface area (Å²) in [6.07, 6.45) is 1.04. The molecule has 0 aliphatic heterocycles. The zero-order chi connectivity index (χ0) is 13.2. The van der Waals surface area contributed by atoms with E-state index in [1.807, 2.05) is 0 Å². The third kappa shape index (κ3) is 3.04. The van der Waals surface area contributed by atoms with Crippen molar-refractivity contribution in [3.05, 3.63) is 23.8 Å². The molecule has 0 spiro atoms. The maximum Gasteiger partial charge on any atom is 0.189 e. The number of nitrogens with zero attached hydrogens (tertiary/aromatic N) is 1. The van der Waals surface area contributed by atoms with E-state index in [1.165, 1.54) is 12.1 Å². The number of Topliss-reactive ketones (excluding diaryl/α,β-unsaturated/α-hetero) is 1. The van der Waals surface area contributed by atoms with Gasteiger partial charge in [0.2, 0.25) is 0 Å². The maximum absolute atomic E-state index is 11.6. The van der Waals surface area contributed by atoms with Crippen molar-refractivity contribution in [2.24, 2.45) is 0 Å². The summed E-state index contributed by atoms with van der Waals surface area (Å²) in [5.74, 6) is -0.601. The van der Waals surface area contributed by atoms with Crippen LogP contribution in [0.1, 0.15) is 10.4 Å². The highest BCUT2D eigenvalue weighted by Crippen LogP contribution is 2.22. The molecule has 94 valence electrons. The van der Waals surface area contributed by atoms with E-state index < -0.39 is 22.2 Å². The van der Waals surface area contributed by atoms with Gasteiger partial charge in [0.15, 0.2) is 15.6 Å². The molecule has 0 unspecified atom stereocenters. The number of aliphatic hydroxyl groups excluding tert-OH is 1. The van der Waals surface area contributed by atoms with Crippen molar-refractivity contribution >= 4 is 21.3 Å². The third-order valence-corrected chi connectivity index (χ3v) is 3.46. The third-order valence-electron chi connectivity index (χ3n) is 2.33. The predicted octanol–water partition coefficient (Wildman–Crippen LogP) is 0.331. The number of aliphatic hydroxyl groups is 1. The molecule has 1 aromatic carbocycles. The molecule has 0 saturated carbocycles. The van der Waals surface area contributed by atoms with Gasteiger partial charge in [-0.3, -0.25) is 4.79 Å². The lowest BCUT2D eigenvalue weighted by atomic mass is 10.1. The number of anilines is 1. The fourth-order valence-electron chi connectivity index (χ4n) is 1.41. The molecule has 5 nitrogen and oxygen atoms in total. The fraction of sp³-hybridized carbons (Fsp3) is 0.364. The highest BCUT2D eigenvalue weighted by Gasteiger charge is 2.19. The van der Waals surface area contributed by atoms with Gasteiger partial charge in [-0.1, -0.05) is 0 Å². The molecule has 0 radical (unpaired) electrons. The summed E-state index contributed by atoms with van der Waals surface area (Å²) in [5.41, 5.74) is 0.709. The summed E-state index contributed by atoms with van der Waals surface area (Å²) < 4.78 is 23.2. The minimum atomic E-state index is -3.50. The van der Waals surface area contributed by atoms with Gasteiger partial charge >= 0.3 is 0 Å². The minimum Gasteiger partial charge on any atom is -0.388 e. The first-order valence-electron chi connectivity index (χ1n) is 4.93. The minimum absolute atomic E-state index is 0.0283. The number of rotatable bonds is 4. The van der Waals surface area contributed by atoms with Crippen LogP contribution in [0, 0.1) is 0 Å². The normalized spacial score (nSPS) is 11.3. The predicted molar refractivity (Wildman–Crippen MR) is 65.3 cm³/mol. The van der Waals surface area contributed by atoms with Crippen molar-refractivity contribution in [1.82, 2.24) is 0 Å². The number of benzene rings is 1. The average molecular weight is 257 g/mol. The molecule has 0 atom stereocenters. The van der Waals surface area contributed by atoms with Crippen LogP contribution in [-0.4, -0.2) is 46.3 Å². The highest BCUT2D eigenvalue weighted by atomic mass is 32.2. The van der Waals surface area contributed by atoms with Crippen molar-refractivity contribution in [2.45, 2.75) is 4.90 Å². The molecule has 6 heteroatoms. The topological polar surface area (TPSA) is 74.7 Å². The Balaban J connectivity index is 3.48. The second-order valence-corrected chi connectivity index (χ2v) is 5.91. The largest absolute Gasteiger partial charge is 0.388 e. The first-order chi connectivity index (χ1) is 7.77. The molecular weight excluding hydrogens is 242 g/mol. The number of sulfone groups is 1. The van der Waals surface area contributed by atoms with Crippen LogP contribution in [0.25, 0.3) is 0 Å². The van der Waals surface area contributed by atoms with E-state index in [4.69, 9.17) is 5.11 Å². The Morgan fingerprint density at radius 3 is 2.35 bits per heavy atom. The Kier molecular flexibility index (Phi) is 3.90. The lowest BCUT2D eigenvalue weighted by Gasteiger charge is -2.15. The van der Waals surface area contributed by atoms with Crippen LogP contribution in [-0.2, 0) is 9.84 Å². The molecule has 1 rings (SSSR count). The Labute approximate surface area is 101 Å². The average Bonchev–Trinajstić information content (AvgIpc) is 2.26. The smallest absolute Gasteiger partial charge is 0.189 e. The van der Waals surface area contributed by atoms with E-state index in [1.54, 1.807) is 25.1 Å². The molecule has 0 fully saturated rings. The van der Waals surface area contributed by atoms with E-state index in [0.717, 1.165) is 6.26 Å².